The molecule has 1 atom stereocenters. The van der Waals surface area contributed by atoms with E-state index in [0.717, 1.165) is 22.2 Å². The fraction of sp³-hybridized carbons (Fsp3) is 0.588. The fourth-order valence-electron chi connectivity index (χ4n) is 2.43. The molecule has 0 radical (unpaired) electrons. The van der Waals surface area contributed by atoms with E-state index in [-0.39, 0.29) is 12.2 Å². The van der Waals surface area contributed by atoms with Crippen LogP contribution in [-0.4, -0.2) is 49.5 Å². The van der Waals surface area contributed by atoms with E-state index in [0.29, 0.717) is 19.7 Å². The quantitative estimate of drug-likeness (QED) is 0.796. The van der Waals surface area contributed by atoms with E-state index >= 15 is 0 Å². The number of hydrogen-bond donors (Lipinski definition) is 0. The fourth-order valence-corrected chi connectivity index (χ4v) is 3.02. The van der Waals surface area contributed by atoms with Gasteiger partial charge in [0.1, 0.15) is 11.4 Å². The minimum atomic E-state index is -0.480. The van der Waals surface area contributed by atoms with E-state index in [1.54, 1.807) is 12.0 Å². The summed E-state index contributed by atoms with van der Waals surface area (Å²) in [4.78, 5) is 13.9. The number of ether oxygens (including phenoxy) is 3. The van der Waals surface area contributed by atoms with Crippen LogP contribution in [0.3, 0.4) is 0 Å². The number of benzene rings is 1. The minimum Gasteiger partial charge on any atom is -0.496 e. The molecule has 1 aliphatic rings. The van der Waals surface area contributed by atoms with Crippen LogP contribution in [-0.2, 0) is 15.9 Å². The van der Waals surface area contributed by atoms with Crippen molar-refractivity contribution in [3.63, 3.8) is 0 Å². The van der Waals surface area contributed by atoms with Gasteiger partial charge in [-0.1, -0.05) is 6.07 Å². The average Bonchev–Trinajstić information content (AvgIpc) is 2.46. The lowest BCUT2D eigenvalue weighted by Gasteiger charge is -2.34. The zero-order chi connectivity index (χ0) is 17.0. The molecule has 2 rings (SSSR count). The van der Waals surface area contributed by atoms with Gasteiger partial charge in [-0.15, -0.1) is 0 Å². The molecular weight excluding hydrogens is 362 g/mol. The molecule has 5 nitrogen and oxygen atoms in total. The van der Waals surface area contributed by atoms with Crippen LogP contribution in [0.15, 0.2) is 22.7 Å². The summed E-state index contributed by atoms with van der Waals surface area (Å²) in [6.07, 6.45) is 0.431. The lowest BCUT2D eigenvalue weighted by atomic mass is 10.1. The molecule has 0 saturated carbocycles. The Morgan fingerprint density at radius 1 is 1.43 bits per heavy atom. The number of morpholine rings is 1. The summed E-state index contributed by atoms with van der Waals surface area (Å²) >= 11 is 3.49. The standard InChI is InChI=1S/C17H24BrNO4/c1-17(2,3)23-16(20)19-7-8-22-13(11-19)9-12-5-6-15(21-4)14(18)10-12/h5-6,10,13H,7-9,11H2,1-4H3/t13-/m1/s1. The van der Waals surface area contributed by atoms with Gasteiger partial charge in [0.25, 0.3) is 0 Å². The first-order valence-electron chi connectivity index (χ1n) is 7.70. The molecule has 1 saturated heterocycles. The molecule has 1 amide bonds. The Hall–Kier alpha value is -1.27. The van der Waals surface area contributed by atoms with Gasteiger partial charge in [0.2, 0.25) is 0 Å². The maximum Gasteiger partial charge on any atom is 0.410 e. The molecule has 1 aromatic rings. The molecule has 1 heterocycles. The summed E-state index contributed by atoms with van der Waals surface area (Å²) in [6.45, 7) is 7.25. The molecule has 1 aliphatic heterocycles. The number of carbonyl (C=O) groups is 1. The Kier molecular flexibility index (Phi) is 5.92. The third-order valence-electron chi connectivity index (χ3n) is 3.47. The van der Waals surface area contributed by atoms with Crippen molar-refractivity contribution in [1.82, 2.24) is 4.90 Å². The maximum absolute atomic E-state index is 12.2. The van der Waals surface area contributed by atoms with Gasteiger partial charge in [0.05, 0.1) is 30.8 Å². The molecule has 23 heavy (non-hydrogen) atoms. The monoisotopic (exact) mass is 385 g/mol. The van der Waals surface area contributed by atoms with Crippen molar-refractivity contribution in [1.29, 1.82) is 0 Å². The van der Waals surface area contributed by atoms with E-state index < -0.39 is 5.60 Å². The van der Waals surface area contributed by atoms with E-state index in [2.05, 4.69) is 15.9 Å². The van der Waals surface area contributed by atoms with E-state index in [4.69, 9.17) is 14.2 Å². The predicted octanol–water partition coefficient (Wildman–Crippen LogP) is 3.64. The minimum absolute atomic E-state index is 0.0310. The van der Waals surface area contributed by atoms with Crippen molar-refractivity contribution < 1.29 is 19.0 Å². The first-order valence-corrected chi connectivity index (χ1v) is 8.50. The second-order valence-electron chi connectivity index (χ2n) is 6.59. The summed E-state index contributed by atoms with van der Waals surface area (Å²) in [6, 6.07) is 5.96. The highest BCUT2D eigenvalue weighted by Gasteiger charge is 2.28. The van der Waals surface area contributed by atoms with Gasteiger partial charge < -0.3 is 19.1 Å². The van der Waals surface area contributed by atoms with Crippen molar-refractivity contribution in [3.05, 3.63) is 28.2 Å². The number of rotatable bonds is 3. The summed E-state index contributed by atoms with van der Waals surface area (Å²) < 4.78 is 17.4. The van der Waals surface area contributed by atoms with Gasteiger partial charge in [-0.2, -0.15) is 0 Å². The zero-order valence-electron chi connectivity index (χ0n) is 14.1. The van der Waals surface area contributed by atoms with Gasteiger partial charge in [0, 0.05) is 13.0 Å². The number of nitrogens with zero attached hydrogens (tertiary/aromatic N) is 1. The number of amides is 1. The summed E-state index contributed by atoms with van der Waals surface area (Å²) in [7, 11) is 1.64. The largest absolute Gasteiger partial charge is 0.496 e. The van der Waals surface area contributed by atoms with Gasteiger partial charge in [0.15, 0.2) is 0 Å². The van der Waals surface area contributed by atoms with Crippen LogP contribution in [0.5, 0.6) is 5.75 Å². The predicted molar refractivity (Wildman–Crippen MR) is 91.9 cm³/mol. The number of carbonyl (C=O) groups excluding carboxylic acids is 1. The number of methoxy groups -OCH3 is 1. The number of hydrogen-bond acceptors (Lipinski definition) is 4. The Morgan fingerprint density at radius 3 is 2.78 bits per heavy atom. The van der Waals surface area contributed by atoms with Crippen molar-refractivity contribution in [2.24, 2.45) is 0 Å². The maximum atomic E-state index is 12.2. The van der Waals surface area contributed by atoms with Crippen LogP contribution in [0.2, 0.25) is 0 Å². The van der Waals surface area contributed by atoms with Gasteiger partial charge in [-0.25, -0.2) is 4.79 Å². The summed E-state index contributed by atoms with van der Waals surface area (Å²) in [5, 5.41) is 0. The average molecular weight is 386 g/mol. The molecule has 1 fully saturated rings. The van der Waals surface area contributed by atoms with Crippen molar-refractivity contribution in [3.8, 4) is 5.75 Å². The summed E-state index contributed by atoms with van der Waals surface area (Å²) in [5.41, 5.74) is 0.653. The molecule has 1 aromatic carbocycles. The van der Waals surface area contributed by atoms with Crippen LogP contribution in [0.25, 0.3) is 0 Å². The Morgan fingerprint density at radius 2 is 2.17 bits per heavy atom. The molecule has 0 aliphatic carbocycles. The van der Waals surface area contributed by atoms with Gasteiger partial charge in [-0.3, -0.25) is 0 Å². The molecule has 0 spiro atoms. The van der Waals surface area contributed by atoms with Crippen LogP contribution < -0.4 is 4.74 Å². The lowest BCUT2D eigenvalue weighted by Crippen LogP contribution is -2.48. The molecule has 0 aromatic heterocycles. The molecule has 6 heteroatoms. The van der Waals surface area contributed by atoms with Crippen molar-refractivity contribution in [2.75, 3.05) is 26.8 Å². The van der Waals surface area contributed by atoms with E-state index in [1.807, 2.05) is 39.0 Å². The first kappa shape index (κ1) is 18.1. The highest BCUT2D eigenvalue weighted by Crippen LogP contribution is 2.26. The van der Waals surface area contributed by atoms with Crippen molar-refractivity contribution in [2.45, 2.75) is 38.9 Å². The smallest absolute Gasteiger partial charge is 0.410 e. The Labute approximate surface area is 146 Å². The van der Waals surface area contributed by atoms with Gasteiger partial charge >= 0.3 is 6.09 Å². The molecule has 0 unspecified atom stereocenters. The van der Waals surface area contributed by atoms with E-state index in [9.17, 15) is 4.79 Å². The lowest BCUT2D eigenvalue weighted by molar-refractivity contribution is -0.0415. The second kappa shape index (κ2) is 7.53. The SMILES string of the molecule is COc1ccc(C[C@@H]2CN(C(=O)OC(C)(C)C)CCO2)cc1Br. The molecular formula is C17H24BrNO4. The third-order valence-corrected chi connectivity index (χ3v) is 4.09. The van der Waals surface area contributed by atoms with Crippen LogP contribution in [0.1, 0.15) is 26.3 Å². The summed E-state index contributed by atoms with van der Waals surface area (Å²) in [5.74, 6) is 0.800. The molecule has 0 N–H and O–H groups in total. The topological polar surface area (TPSA) is 48.0 Å². The van der Waals surface area contributed by atoms with Crippen molar-refractivity contribution >= 4 is 22.0 Å². The molecule has 0 bridgehead atoms. The Balaban J connectivity index is 1.96. The van der Waals surface area contributed by atoms with Crippen LogP contribution in [0, 0.1) is 0 Å². The normalized spacial score (nSPS) is 18.7. The van der Waals surface area contributed by atoms with Crippen LogP contribution >= 0.6 is 15.9 Å². The van der Waals surface area contributed by atoms with Gasteiger partial charge in [-0.05, 0) is 54.4 Å². The number of halogens is 1. The van der Waals surface area contributed by atoms with Crippen LogP contribution in [0.4, 0.5) is 4.79 Å². The highest BCUT2D eigenvalue weighted by atomic mass is 79.9. The molecule has 128 valence electrons. The third kappa shape index (κ3) is 5.39. The zero-order valence-corrected chi connectivity index (χ0v) is 15.7. The first-order chi connectivity index (χ1) is 10.8. The van der Waals surface area contributed by atoms with E-state index in [1.165, 1.54) is 0 Å². The highest BCUT2D eigenvalue weighted by molar-refractivity contribution is 9.10. The second-order valence-corrected chi connectivity index (χ2v) is 7.45. The Bertz CT molecular complexity index is 556.